The first-order chi connectivity index (χ1) is 8.34. The molecule has 0 spiro atoms. The Balaban J connectivity index is 3.45. The highest BCUT2D eigenvalue weighted by Crippen LogP contribution is 2.35. The molecule has 0 radical (unpaired) electrons. The fourth-order valence-corrected chi connectivity index (χ4v) is 1.90. The lowest BCUT2D eigenvalue weighted by molar-refractivity contribution is 0.834. The third kappa shape index (κ3) is 3.32. The number of hydrogen-bond acceptors (Lipinski definition) is 1. The van der Waals surface area contributed by atoms with Crippen molar-refractivity contribution in [2.75, 3.05) is 0 Å². The Morgan fingerprint density at radius 2 is 1.44 bits per heavy atom. The van der Waals surface area contributed by atoms with Crippen molar-refractivity contribution < 1.29 is 0 Å². The summed E-state index contributed by atoms with van der Waals surface area (Å²) in [6.45, 7) is 16.9. The molecule has 0 aliphatic carbocycles. The molecule has 0 heterocycles. The Hall–Kier alpha value is -1.37. The first-order valence-electron chi connectivity index (χ1n) is 6.68. The molecule has 1 heteroatoms. The molecule has 0 saturated carbocycles. The van der Waals surface area contributed by atoms with Gasteiger partial charge < -0.3 is 0 Å². The fraction of sp³-hybridized carbons (Fsp3) is 0.471. The van der Waals surface area contributed by atoms with E-state index in [9.17, 15) is 0 Å². The van der Waals surface area contributed by atoms with Crippen molar-refractivity contribution in [2.24, 2.45) is 4.99 Å². The van der Waals surface area contributed by atoms with Gasteiger partial charge >= 0.3 is 0 Å². The molecule has 0 bridgehead atoms. The largest absolute Gasteiger partial charge is 0.253 e. The van der Waals surface area contributed by atoms with E-state index in [2.05, 4.69) is 52.5 Å². The van der Waals surface area contributed by atoms with Crippen LogP contribution >= 0.6 is 0 Å². The third-order valence-corrected chi connectivity index (χ3v) is 3.24. The van der Waals surface area contributed by atoms with Gasteiger partial charge in [-0.25, -0.2) is 0 Å². The van der Waals surface area contributed by atoms with Crippen molar-refractivity contribution in [3.63, 3.8) is 0 Å². The quantitative estimate of drug-likeness (QED) is 0.610. The molecule has 0 fully saturated rings. The minimum absolute atomic E-state index is 0.486. The lowest BCUT2D eigenvalue weighted by atomic mass is 9.93. The number of hydrogen-bond donors (Lipinski definition) is 0. The Morgan fingerprint density at radius 1 is 1.00 bits per heavy atom. The van der Waals surface area contributed by atoms with Crippen molar-refractivity contribution in [2.45, 2.75) is 53.4 Å². The van der Waals surface area contributed by atoms with Crippen LogP contribution in [0.25, 0.3) is 0 Å². The van der Waals surface area contributed by atoms with E-state index >= 15 is 0 Å². The summed E-state index contributed by atoms with van der Waals surface area (Å²) >= 11 is 0. The van der Waals surface area contributed by atoms with E-state index in [0.717, 1.165) is 17.0 Å². The van der Waals surface area contributed by atoms with E-state index in [1.807, 2.05) is 13.8 Å². The van der Waals surface area contributed by atoms with Crippen LogP contribution in [0.15, 0.2) is 35.3 Å². The number of allylic oxidation sites excluding steroid dienone is 1. The summed E-state index contributed by atoms with van der Waals surface area (Å²) in [5.41, 5.74) is 5.83. The van der Waals surface area contributed by atoms with E-state index in [1.165, 1.54) is 11.1 Å². The van der Waals surface area contributed by atoms with Crippen LogP contribution in [0.3, 0.4) is 0 Å². The first kappa shape index (κ1) is 14.7. The van der Waals surface area contributed by atoms with Gasteiger partial charge in [0.25, 0.3) is 0 Å². The molecular weight excluding hydrogens is 218 g/mol. The zero-order valence-corrected chi connectivity index (χ0v) is 12.5. The second-order valence-electron chi connectivity index (χ2n) is 5.57. The molecule has 0 aromatic heterocycles. The molecule has 0 saturated heterocycles. The summed E-state index contributed by atoms with van der Waals surface area (Å²) in [7, 11) is 0. The lowest BCUT2D eigenvalue weighted by Gasteiger charge is -2.17. The number of para-hydroxylation sites is 1. The molecular formula is C17H25N. The van der Waals surface area contributed by atoms with E-state index in [1.54, 1.807) is 0 Å². The standard InChI is InChI=1S/C17H25N/c1-11(2)14(7)18-17-15(12(3)4)9-8-10-16(17)13(5)6/h8-10,12-13H,1H2,2-7H3. The molecule has 1 aromatic rings. The fourth-order valence-electron chi connectivity index (χ4n) is 1.90. The molecule has 0 atom stereocenters. The monoisotopic (exact) mass is 243 g/mol. The molecule has 0 unspecified atom stereocenters. The van der Waals surface area contributed by atoms with Crippen LogP contribution in [0.1, 0.15) is 64.5 Å². The van der Waals surface area contributed by atoms with Gasteiger partial charge in [0.2, 0.25) is 0 Å². The van der Waals surface area contributed by atoms with Crippen molar-refractivity contribution in [1.82, 2.24) is 0 Å². The average Bonchev–Trinajstić information content (AvgIpc) is 2.28. The minimum atomic E-state index is 0.486. The van der Waals surface area contributed by atoms with Crippen molar-refractivity contribution in [3.05, 3.63) is 41.5 Å². The molecule has 0 aliphatic heterocycles. The zero-order valence-electron chi connectivity index (χ0n) is 12.5. The summed E-state index contributed by atoms with van der Waals surface area (Å²) < 4.78 is 0. The van der Waals surface area contributed by atoms with Crippen LogP contribution < -0.4 is 0 Å². The molecule has 0 N–H and O–H groups in total. The van der Waals surface area contributed by atoms with Gasteiger partial charge in [0.05, 0.1) is 5.69 Å². The van der Waals surface area contributed by atoms with Crippen LogP contribution in [0.5, 0.6) is 0 Å². The maximum atomic E-state index is 4.82. The van der Waals surface area contributed by atoms with Crippen LogP contribution in [0, 0.1) is 0 Å². The molecule has 18 heavy (non-hydrogen) atoms. The molecule has 98 valence electrons. The Labute approximate surface area is 112 Å². The molecule has 0 amide bonds. The Kier molecular flexibility index (Phi) is 4.89. The van der Waals surface area contributed by atoms with Gasteiger partial charge in [-0.2, -0.15) is 0 Å². The minimum Gasteiger partial charge on any atom is -0.253 e. The Bertz CT molecular complexity index is 438. The van der Waals surface area contributed by atoms with Gasteiger partial charge in [-0.1, -0.05) is 52.5 Å². The highest BCUT2D eigenvalue weighted by atomic mass is 14.8. The predicted molar refractivity (Wildman–Crippen MR) is 82.2 cm³/mol. The Morgan fingerprint density at radius 3 is 1.78 bits per heavy atom. The van der Waals surface area contributed by atoms with Gasteiger partial charge in [0.15, 0.2) is 0 Å². The third-order valence-electron chi connectivity index (χ3n) is 3.24. The molecule has 1 rings (SSSR count). The predicted octanol–water partition coefficient (Wildman–Crippen LogP) is 5.60. The van der Waals surface area contributed by atoms with E-state index in [-0.39, 0.29) is 0 Å². The van der Waals surface area contributed by atoms with Gasteiger partial charge in [0.1, 0.15) is 0 Å². The summed E-state index contributed by atoms with van der Waals surface area (Å²) in [6, 6.07) is 6.50. The maximum absolute atomic E-state index is 4.82. The first-order valence-corrected chi connectivity index (χ1v) is 6.68. The lowest BCUT2D eigenvalue weighted by Crippen LogP contribution is -1.98. The van der Waals surface area contributed by atoms with Crippen molar-refractivity contribution in [1.29, 1.82) is 0 Å². The molecule has 0 aliphatic rings. The number of aliphatic imine (C=N–C) groups is 1. The average molecular weight is 243 g/mol. The molecule has 1 aromatic carbocycles. The topological polar surface area (TPSA) is 12.4 Å². The van der Waals surface area contributed by atoms with E-state index in [0.29, 0.717) is 11.8 Å². The SMILES string of the molecule is C=C(C)C(C)=Nc1c(C(C)C)cccc1C(C)C. The van der Waals surface area contributed by atoms with Crippen molar-refractivity contribution >= 4 is 11.4 Å². The second-order valence-corrected chi connectivity index (χ2v) is 5.57. The van der Waals surface area contributed by atoms with Crippen LogP contribution in [0.4, 0.5) is 5.69 Å². The number of nitrogens with zero attached hydrogens (tertiary/aromatic N) is 1. The van der Waals surface area contributed by atoms with Crippen molar-refractivity contribution in [3.8, 4) is 0 Å². The molecule has 1 nitrogen and oxygen atoms in total. The second kappa shape index (κ2) is 5.99. The summed E-state index contributed by atoms with van der Waals surface area (Å²) in [6.07, 6.45) is 0. The maximum Gasteiger partial charge on any atom is 0.0702 e. The normalized spacial score (nSPS) is 12.3. The number of rotatable bonds is 4. The van der Waals surface area contributed by atoms with Gasteiger partial charge in [0, 0.05) is 5.71 Å². The van der Waals surface area contributed by atoms with Gasteiger partial charge in [-0.05, 0) is 42.4 Å². The highest BCUT2D eigenvalue weighted by Gasteiger charge is 2.13. The zero-order chi connectivity index (χ0) is 13.9. The number of benzene rings is 1. The van der Waals surface area contributed by atoms with E-state index in [4.69, 9.17) is 4.99 Å². The van der Waals surface area contributed by atoms with Gasteiger partial charge in [-0.3, -0.25) is 4.99 Å². The summed E-state index contributed by atoms with van der Waals surface area (Å²) in [5.74, 6) is 0.973. The van der Waals surface area contributed by atoms with Gasteiger partial charge in [-0.15, -0.1) is 0 Å². The van der Waals surface area contributed by atoms with Crippen LogP contribution in [-0.2, 0) is 0 Å². The summed E-state index contributed by atoms with van der Waals surface area (Å²) in [4.78, 5) is 4.82. The highest BCUT2D eigenvalue weighted by molar-refractivity contribution is 5.99. The summed E-state index contributed by atoms with van der Waals surface area (Å²) in [5, 5.41) is 0. The smallest absolute Gasteiger partial charge is 0.0702 e. The van der Waals surface area contributed by atoms with Crippen LogP contribution in [-0.4, -0.2) is 5.71 Å². The van der Waals surface area contributed by atoms with E-state index < -0.39 is 0 Å². The van der Waals surface area contributed by atoms with Crippen LogP contribution in [0.2, 0.25) is 0 Å².